The molecule has 0 fully saturated rings. The molecule has 0 unspecified atom stereocenters. The van der Waals surface area contributed by atoms with Gasteiger partial charge in [-0.1, -0.05) is 6.92 Å². The number of nitrogens with one attached hydrogen (secondary N) is 2. The maximum absolute atomic E-state index is 12.2. The minimum Gasteiger partial charge on any atom is -0.383 e. The van der Waals surface area contributed by atoms with Gasteiger partial charge in [-0.15, -0.1) is 0 Å². The van der Waals surface area contributed by atoms with Gasteiger partial charge in [-0.3, -0.25) is 0 Å². The van der Waals surface area contributed by atoms with Crippen LogP contribution in [0.2, 0.25) is 0 Å². The highest BCUT2D eigenvalue weighted by atomic mass is 32.2. The van der Waals surface area contributed by atoms with E-state index < -0.39 is 10.0 Å². The molecule has 2 N–H and O–H groups in total. The average Bonchev–Trinajstić information content (AvgIpc) is 3.09. The second-order valence-electron chi connectivity index (χ2n) is 6.28. The minimum absolute atomic E-state index is 0.177. The number of imidazole rings is 1. The van der Waals surface area contributed by atoms with Crippen molar-refractivity contribution in [2.24, 2.45) is 7.05 Å². The predicted molar refractivity (Wildman–Crippen MR) is 110 cm³/mol. The van der Waals surface area contributed by atoms with Crippen LogP contribution >= 0.6 is 0 Å². The monoisotopic (exact) mass is 416 g/mol. The van der Waals surface area contributed by atoms with E-state index in [1.165, 1.54) is 19.2 Å². The molecule has 0 aliphatic rings. The summed E-state index contributed by atoms with van der Waals surface area (Å²) in [6.07, 6.45) is 4.30. The molecule has 1 aromatic carbocycles. The van der Waals surface area contributed by atoms with Gasteiger partial charge in [0.15, 0.2) is 0 Å². The van der Waals surface area contributed by atoms with Gasteiger partial charge in [0.05, 0.1) is 29.1 Å². The van der Waals surface area contributed by atoms with Gasteiger partial charge in [-0.2, -0.15) is 0 Å². The van der Waals surface area contributed by atoms with Crippen molar-refractivity contribution < 1.29 is 13.2 Å². The Labute approximate surface area is 170 Å². The maximum atomic E-state index is 12.2. The van der Waals surface area contributed by atoms with Crippen molar-refractivity contribution in [3.05, 3.63) is 48.5 Å². The van der Waals surface area contributed by atoms with Crippen LogP contribution in [0.1, 0.15) is 12.7 Å². The molecule has 2 aromatic heterocycles. The fourth-order valence-corrected chi connectivity index (χ4v) is 3.80. The highest BCUT2D eigenvalue weighted by molar-refractivity contribution is 7.89. The third-order valence-corrected chi connectivity index (χ3v) is 5.81. The van der Waals surface area contributed by atoms with Crippen LogP contribution in [0.3, 0.4) is 0 Å². The Morgan fingerprint density at radius 3 is 2.55 bits per heavy atom. The van der Waals surface area contributed by atoms with Gasteiger partial charge in [0, 0.05) is 39.0 Å². The van der Waals surface area contributed by atoms with E-state index in [9.17, 15) is 8.42 Å². The number of anilines is 2. The molecule has 0 saturated carbocycles. The van der Waals surface area contributed by atoms with Crippen LogP contribution in [0.5, 0.6) is 0 Å². The first kappa shape index (κ1) is 20.9. The highest BCUT2D eigenvalue weighted by Gasteiger charge is 2.13. The molecule has 0 amide bonds. The van der Waals surface area contributed by atoms with Gasteiger partial charge in [-0.25, -0.2) is 28.1 Å². The zero-order chi connectivity index (χ0) is 20.9. The Morgan fingerprint density at radius 1 is 1.14 bits per heavy atom. The smallest absolute Gasteiger partial charge is 0.240 e. The Morgan fingerprint density at radius 2 is 1.90 bits per heavy atom. The quantitative estimate of drug-likeness (QED) is 0.514. The van der Waals surface area contributed by atoms with Crippen LogP contribution in [0.4, 0.5) is 11.6 Å². The molecule has 3 aromatic rings. The first-order valence-corrected chi connectivity index (χ1v) is 10.6. The lowest BCUT2D eigenvalue weighted by atomic mass is 10.3. The fraction of sp³-hybridized carbons (Fsp3) is 0.316. The molecule has 0 saturated heterocycles. The lowest BCUT2D eigenvalue weighted by Crippen LogP contribution is -2.27. The lowest BCUT2D eigenvalue weighted by molar-refractivity contribution is 0.204. The minimum atomic E-state index is -3.57. The van der Waals surface area contributed by atoms with Gasteiger partial charge in [0.2, 0.25) is 16.0 Å². The van der Waals surface area contributed by atoms with Crippen LogP contribution in [0.15, 0.2) is 47.6 Å². The van der Waals surface area contributed by atoms with Crippen molar-refractivity contribution >= 4 is 21.7 Å². The largest absolute Gasteiger partial charge is 0.383 e. The molecule has 0 aliphatic heterocycles. The summed E-state index contributed by atoms with van der Waals surface area (Å²) in [6.45, 7) is 2.58. The molecule has 3 rings (SSSR count). The van der Waals surface area contributed by atoms with Crippen LogP contribution in [-0.2, 0) is 28.2 Å². The summed E-state index contributed by atoms with van der Waals surface area (Å²) < 4.78 is 33.8. The standard InChI is InChI=1S/C19H24N6O3S/c1-4-18-21-13-17(25(18)2)16-9-10-20-19(24-16)23-14-5-7-15(8-6-14)29(26,27)22-11-12-28-3/h5-10,13,22H,4,11-12H2,1-3H3,(H,20,23,24). The zero-order valence-corrected chi connectivity index (χ0v) is 17.4. The number of sulfonamides is 1. The third-order valence-electron chi connectivity index (χ3n) is 4.34. The molecule has 0 spiro atoms. The Bertz CT molecular complexity index is 1060. The Balaban J connectivity index is 1.74. The van der Waals surface area contributed by atoms with Crippen molar-refractivity contribution in [3.63, 3.8) is 0 Å². The summed E-state index contributed by atoms with van der Waals surface area (Å²) >= 11 is 0. The van der Waals surface area contributed by atoms with Crippen LogP contribution in [0.25, 0.3) is 11.4 Å². The van der Waals surface area contributed by atoms with Crippen molar-refractivity contribution in [1.29, 1.82) is 0 Å². The van der Waals surface area contributed by atoms with E-state index in [1.807, 2.05) is 17.7 Å². The number of nitrogens with zero attached hydrogens (tertiary/aromatic N) is 4. The summed E-state index contributed by atoms with van der Waals surface area (Å²) in [4.78, 5) is 13.4. The second-order valence-corrected chi connectivity index (χ2v) is 8.04. The number of hydrogen-bond acceptors (Lipinski definition) is 7. The van der Waals surface area contributed by atoms with Crippen LogP contribution < -0.4 is 10.0 Å². The Hall–Kier alpha value is -2.82. The SMILES string of the molecule is CCc1ncc(-c2ccnc(Nc3ccc(S(=O)(=O)NCCOC)cc3)n2)n1C. The molecule has 9 nitrogen and oxygen atoms in total. The van der Waals surface area contributed by atoms with E-state index in [2.05, 4.69) is 31.9 Å². The molecular formula is C19H24N6O3S. The van der Waals surface area contributed by atoms with Crippen molar-refractivity contribution in [1.82, 2.24) is 24.2 Å². The zero-order valence-electron chi connectivity index (χ0n) is 16.6. The van der Waals surface area contributed by atoms with Crippen molar-refractivity contribution in [2.45, 2.75) is 18.2 Å². The van der Waals surface area contributed by atoms with Gasteiger partial charge in [-0.05, 0) is 30.3 Å². The number of benzene rings is 1. The molecule has 154 valence electrons. The van der Waals surface area contributed by atoms with Crippen LogP contribution in [-0.4, -0.2) is 48.2 Å². The van der Waals surface area contributed by atoms with E-state index in [0.717, 1.165) is 23.6 Å². The number of rotatable bonds is 9. The Kier molecular flexibility index (Phi) is 6.57. The number of aromatic nitrogens is 4. The fourth-order valence-electron chi connectivity index (χ4n) is 2.78. The topological polar surface area (TPSA) is 111 Å². The first-order valence-electron chi connectivity index (χ1n) is 9.14. The van der Waals surface area contributed by atoms with E-state index >= 15 is 0 Å². The molecule has 2 heterocycles. The third kappa shape index (κ3) is 4.97. The summed E-state index contributed by atoms with van der Waals surface area (Å²) in [5.74, 6) is 1.39. The molecule has 29 heavy (non-hydrogen) atoms. The number of aryl methyl sites for hydroxylation is 1. The van der Waals surface area contributed by atoms with Crippen molar-refractivity contribution in [3.8, 4) is 11.4 Å². The van der Waals surface area contributed by atoms with Gasteiger partial charge in [0.1, 0.15) is 5.82 Å². The molecule has 0 aliphatic carbocycles. The van der Waals surface area contributed by atoms with Gasteiger partial charge < -0.3 is 14.6 Å². The predicted octanol–water partition coefficient (Wildman–Crippen LogP) is 2.11. The van der Waals surface area contributed by atoms with Gasteiger partial charge >= 0.3 is 0 Å². The average molecular weight is 417 g/mol. The number of hydrogen-bond donors (Lipinski definition) is 2. The molecule has 0 radical (unpaired) electrons. The summed E-state index contributed by atoms with van der Waals surface area (Å²) in [5, 5.41) is 3.10. The summed E-state index contributed by atoms with van der Waals surface area (Å²) in [5.41, 5.74) is 2.33. The highest BCUT2D eigenvalue weighted by Crippen LogP contribution is 2.21. The van der Waals surface area contributed by atoms with E-state index in [0.29, 0.717) is 18.2 Å². The van der Waals surface area contributed by atoms with Gasteiger partial charge in [0.25, 0.3) is 0 Å². The number of methoxy groups -OCH3 is 1. The van der Waals surface area contributed by atoms with E-state index in [-0.39, 0.29) is 11.4 Å². The normalized spacial score (nSPS) is 11.6. The molecule has 0 atom stereocenters. The summed E-state index contributed by atoms with van der Waals surface area (Å²) in [6, 6.07) is 8.20. The molecule has 0 bridgehead atoms. The molecule has 10 heteroatoms. The maximum Gasteiger partial charge on any atom is 0.240 e. The second kappa shape index (κ2) is 9.12. The van der Waals surface area contributed by atoms with E-state index in [4.69, 9.17) is 4.74 Å². The number of ether oxygens (including phenoxy) is 1. The molecular weight excluding hydrogens is 392 g/mol. The first-order chi connectivity index (χ1) is 13.9. The summed E-state index contributed by atoms with van der Waals surface area (Å²) in [7, 11) is -0.0973. The van der Waals surface area contributed by atoms with E-state index in [1.54, 1.807) is 24.5 Å². The van der Waals surface area contributed by atoms with Crippen LogP contribution in [0, 0.1) is 0 Å². The van der Waals surface area contributed by atoms with Crippen molar-refractivity contribution in [2.75, 3.05) is 25.6 Å². The lowest BCUT2D eigenvalue weighted by Gasteiger charge is -2.09.